The number of unbranched alkanes of at least 4 members (excludes halogenated alkanes) is 3. The SMILES string of the molecule is CCCCCC[C@@H]1C[C@@H](Cc2c(C)[nH]c3ccccc23)C(=O)O1. The van der Waals surface area contributed by atoms with Gasteiger partial charge in [-0.25, -0.2) is 0 Å². The van der Waals surface area contributed by atoms with Crippen molar-refractivity contribution in [3.05, 3.63) is 35.5 Å². The van der Waals surface area contributed by atoms with Crippen LogP contribution in [0.5, 0.6) is 0 Å². The Bertz CT molecular complexity index is 673. The van der Waals surface area contributed by atoms with Crippen LogP contribution in [0.2, 0.25) is 0 Å². The smallest absolute Gasteiger partial charge is 0.309 e. The van der Waals surface area contributed by atoms with E-state index >= 15 is 0 Å². The number of fused-ring (bicyclic) bond motifs is 1. The third-order valence-corrected chi connectivity index (χ3v) is 5.02. The van der Waals surface area contributed by atoms with Crippen LogP contribution in [-0.4, -0.2) is 17.1 Å². The maximum absolute atomic E-state index is 12.2. The molecule has 1 N–H and O–H groups in total. The molecule has 0 radical (unpaired) electrons. The first-order chi connectivity index (χ1) is 11.2. The van der Waals surface area contributed by atoms with E-state index in [4.69, 9.17) is 4.74 Å². The van der Waals surface area contributed by atoms with Crippen molar-refractivity contribution in [1.82, 2.24) is 4.98 Å². The number of hydrogen-bond donors (Lipinski definition) is 1. The minimum Gasteiger partial charge on any atom is -0.462 e. The Morgan fingerprint density at radius 1 is 1.22 bits per heavy atom. The quantitative estimate of drug-likeness (QED) is 0.582. The van der Waals surface area contributed by atoms with Crippen molar-refractivity contribution >= 4 is 16.9 Å². The van der Waals surface area contributed by atoms with E-state index in [1.807, 2.05) is 6.07 Å². The topological polar surface area (TPSA) is 42.1 Å². The van der Waals surface area contributed by atoms with Crippen LogP contribution in [0.4, 0.5) is 0 Å². The highest BCUT2D eigenvalue weighted by atomic mass is 16.5. The first-order valence-corrected chi connectivity index (χ1v) is 8.95. The molecule has 0 unspecified atom stereocenters. The van der Waals surface area contributed by atoms with E-state index < -0.39 is 0 Å². The van der Waals surface area contributed by atoms with Crippen molar-refractivity contribution in [2.45, 2.75) is 64.9 Å². The molecule has 1 aliphatic heterocycles. The van der Waals surface area contributed by atoms with Crippen LogP contribution in [-0.2, 0) is 16.0 Å². The fourth-order valence-electron chi connectivity index (χ4n) is 3.71. The molecule has 3 nitrogen and oxygen atoms in total. The molecule has 0 saturated carbocycles. The largest absolute Gasteiger partial charge is 0.462 e. The van der Waals surface area contributed by atoms with E-state index in [1.165, 1.54) is 42.3 Å². The zero-order valence-corrected chi connectivity index (χ0v) is 14.2. The molecule has 1 aliphatic rings. The van der Waals surface area contributed by atoms with Gasteiger partial charge in [-0.2, -0.15) is 0 Å². The van der Waals surface area contributed by atoms with Crippen molar-refractivity contribution in [2.24, 2.45) is 5.92 Å². The van der Waals surface area contributed by atoms with Gasteiger partial charge in [0.2, 0.25) is 0 Å². The number of benzene rings is 1. The van der Waals surface area contributed by atoms with E-state index in [1.54, 1.807) is 0 Å². The second-order valence-electron chi connectivity index (χ2n) is 6.82. The van der Waals surface area contributed by atoms with Gasteiger partial charge in [-0.05, 0) is 44.2 Å². The van der Waals surface area contributed by atoms with Crippen molar-refractivity contribution < 1.29 is 9.53 Å². The Morgan fingerprint density at radius 3 is 2.87 bits per heavy atom. The molecule has 0 bridgehead atoms. The predicted molar refractivity (Wildman–Crippen MR) is 93.5 cm³/mol. The summed E-state index contributed by atoms with van der Waals surface area (Å²) in [6, 6.07) is 8.33. The summed E-state index contributed by atoms with van der Waals surface area (Å²) in [5.41, 5.74) is 3.60. The maximum atomic E-state index is 12.2. The Kier molecular flexibility index (Phi) is 5.04. The number of rotatable bonds is 7. The summed E-state index contributed by atoms with van der Waals surface area (Å²) in [4.78, 5) is 15.6. The maximum Gasteiger partial charge on any atom is 0.309 e. The van der Waals surface area contributed by atoms with Crippen LogP contribution >= 0.6 is 0 Å². The molecule has 0 aliphatic carbocycles. The highest BCUT2D eigenvalue weighted by molar-refractivity contribution is 5.85. The van der Waals surface area contributed by atoms with E-state index in [-0.39, 0.29) is 18.0 Å². The van der Waals surface area contributed by atoms with Crippen molar-refractivity contribution in [2.75, 3.05) is 0 Å². The minimum absolute atomic E-state index is 0.00447. The number of para-hydroxylation sites is 1. The van der Waals surface area contributed by atoms with Crippen LogP contribution in [0.1, 0.15) is 56.7 Å². The lowest BCUT2D eigenvalue weighted by molar-refractivity contribution is -0.144. The molecule has 2 aromatic rings. The van der Waals surface area contributed by atoms with E-state index in [2.05, 4.69) is 37.0 Å². The molecule has 1 saturated heterocycles. The van der Waals surface area contributed by atoms with E-state index in [0.717, 1.165) is 24.8 Å². The number of cyclic esters (lactones) is 1. The van der Waals surface area contributed by atoms with Gasteiger partial charge < -0.3 is 9.72 Å². The van der Waals surface area contributed by atoms with Gasteiger partial charge in [0, 0.05) is 16.6 Å². The number of nitrogens with one attached hydrogen (secondary N) is 1. The number of esters is 1. The number of carbonyl (C=O) groups excluding carboxylic acids is 1. The lowest BCUT2D eigenvalue weighted by Gasteiger charge is -2.08. The van der Waals surface area contributed by atoms with Gasteiger partial charge in [-0.3, -0.25) is 4.79 Å². The fraction of sp³-hybridized carbons (Fsp3) is 0.550. The second kappa shape index (κ2) is 7.20. The number of hydrogen-bond acceptors (Lipinski definition) is 2. The number of aromatic amines is 1. The zero-order valence-electron chi connectivity index (χ0n) is 14.2. The van der Waals surface area contributed by atoms with Crippen LogP contribution < -0.4 is 0 Å². The first-order valence-electron chi connectivity index (χ1n) is 8.95. The average Bonchev–Trinajstić information content (AvgIpc) is 3.05. The van der Waals surface area contributed by atoms with Gasteiger partial charge in [0.15, 0.2) is 0 Å². The first kappa shape index (κ1) is 16.1. The number of ether oxygens (including phenoxy) is 1. The average molecular weight is 313 g/mol. The third kappa shape index (κ3) is 3.60. The van der Waals surface area contributed by atoms with Crippen LogP contribution in [0, 0.1) is 12.8 Å². The van der Waals surface area contributed by atoms with Gasteiger partial charge in [0.25, 0.3) is 0 Å². The molecule has 124 valence electrons. The van der Waals surface area contributed by atoms with Gasteiger partial charge >= 0.3 is 5.97 Å². The number of aromatic nitrogens is 1. The fourth-order valence-corrected chi connectivity index (χ4v) is 3.71. The zero-order chi connectivity index (χ0) is 16.2. The minimum atomic E-state index is -0.00447. The summed E-state index contributed by atoms with van der Waals surface area (Å²) in [6.45, 7) is 4.31. The van der Waals surface area contributed by atoms with Crippen molar-refractivity contribution in [3.63, 3.8) is 0 Å². The molecule has 3 rings (SSSR count). The Labute approximate surface area is 138 Å². The number of carbonyl (C=O) groups is 1. The molecule has 23 heavy (non-hydrogen) atoms. The van der Waals surface area contributed by atoms with Crippen molar-refractivity contribution in [3.8, 4) is 0 Å². The molecule has 2 heterocycles. The Morgan fingerprint density at radius 2 is 2.04 bits per heavy atom. The van der Waals surface area contributed by atoms with Gasteiger partial charge in [-0.1, -0.05) is 44.4 Å². The molecule has 1 fully saturated rings. The van der Waals surface area contributed by atoms with Crippen LogP contribution in [0.25, 0.3) is 10.9 Å². The summed E-state index contributed by atoms with van der Waals surface area (Å²) in [7, 11) is 0. The predicted octanol–water partition coefficient (Wildman–Crippen LogP) is 4.92. The normalized spacial score (nSPS) is 21.0. The molecule has 2 atom stereocenters. The molecule has 0 amide bonds. The molecule has 1 aromatic heterocycles. The van der Waals surface area contributed by atoms with Crippen LogP contribution in [0.3, 0.4) is 0 Å². The lowest BCUT2D eigenvalue weighted by atomic mass is 9.93. The highest BCUT2D eigenvalue weighted by Gasteiger charge is 2.34. The summed E-state index contributed by atoms with van der Waals surface area (Å²) in [6.07, 6.45) is 7.77. The van der Waals surface area contributed by atoms with Gasteiger partial charge in [-0.15, -0.1) is 0 Å². The van der Waals surface area contributed by atoms with Gasteiger partial charge in [0.1, 0.15) is 6.10 Å². The van der Waals surface area contributed by atoms with Crippen molar-refractivity contribution in [1.29, 1.82) is 0 Å². The molecule has 1 aromatic carbocycles. The number of aryl methyl sites for hydroxylation is 1. The lowest BCUT2D eigenvalue weighted by Crippen LogP contribution is -2.11. The standard InChI is InChI=1S/C20H27NO2/c1-3-4-5-6-9-16-12-15(20(22)23-16)13-18-14(2)21-19-11-8-7-10-17(18)19/h7-8,10-11,15-16,21H,3-6,9,12-13H2,1-2H3/t15-,16+/m0/s1. The van der Waals surface area contributed by atoms with Crippen LogP contribution in [0.15, 0.2) is 24.3 Å². The van der Waals surface area contributed by atoms with Gasteiger partial charge in [0.05, 0.1) is 5.92 Å². The number of H-pyrrole nitrogens is 1. The summed E-state index contributed by atoms with van der Waals surface area (Å²) < 4.78 is 5.61. The summed E-state index contributed by atoms with van der Waals surface area (Å²) in [5, 5.41) is 1.24. The van der Waals surface area contributed by atoms with E-state index in [0.29, 0.717) is 0 Å². The third-order valence-electron chi connectivity index (χ3n) is 5.02. The summed E-state index contributed by atoms with van der Waals surface area (Å²) in [5.74, 6) is 0.0132. The monoisotopic (exact) mass is 313 g/mol. The molecular weight excluding hydrogens is 286 g/mol. The van der Waals surface area contributed by atoms with E-state index in [9.17, 15) is 4.79 Å². The molecular formula is C20H27NO2. The molecule has 0 spiro atoms. The summed E-state index contributed by atoms with van der Waals surface area (Å²) >= 11 is 0. The molecule has 3 heteroatoms. The Balaban J connectivity index is 1.63. The highest BCUT2D eigenvalue weighted by Crippen LogP contribution is 2.31. The Hall–Kier alpha value is -1.77. The second-order valence-corrected chi connectivity index (χ2v) is 6.82.